The molecule has 0 saturated carbocycles. The number of rotatable bonds is 4. The molecule has 1 saturated heterocycles. The standard InChI is InChI=1S/C14H13N3O3/c15-8-10(9-16)11(12-3-2-6-20-12)7-14(19)17-5-1-4-13(17)18/h2-3,6,10-11H,1,4-5,7H2/t11-/m1/s1. The first-order valence-electron chi connectivity index (χ1n) is 6.33. The van der Waals surface area contributed by atoms with Gasteiger partial charge in [-0.25, -0.2) is 0 Å². The molecular weight excluding hydrogens is 258 g/mol. The normalized spacial score (nSPS) is 15.9. The number of carbonyl (C=O) groups is 2. The monoisotopic (exact) mass is 271 g/mol. The lowest BCUT2D eigenvalue weighted by molar-refractivity contribution is -0.142. The number of amides is 2. The summed E-state index contributed by atoms with van der Waals surface area (Å²) in [6.45, 7) is 0.409. The minimum absolute atomic E-state index is 0.0783. The molecule has 6 heteroatoms. The number of nitrogens with zero attached hydrogens (tertiary/aromatic N) is 3. The molecule has 1 atom stereocenters. The molecule has 0 unspecified atom stereocenters. The van der Waals surface area contributed by atoms with Gasteiger partial charge in [0, 0.05) is 19.4 Å². The molecule has 1 aromatic rings. The first-order valence-corrected chi connectivity index (χ1v) is 6.33. The summed E-state index contributed by atoms with van der Waals surface area (Å²) in [6, 6.07) is 7.01. The summed E-state index contributed by atoms with van der Waals surface area (Å²) in [5.74, 6) is -1.77. The minimum Gasteiger partial charge on any atom is -0.469 e. The van der Waals surface area contributed by atoms with Crippen LogP contribution in [-0.4, -0.2) is 23.3 Å². The van der Waals surface area contributed by atoms with Crippen molar-refractivity contribution in [2.24, 2.45) is 5.92 Å². The van der Waals surface area contributed by atoms with Crippen molar-refractivity contribution in [3.8, 4) is 12.1 Å². The van der Waals surface area contributed by atoms with E-state index in [2.05, 4.69) is 0 Å². The molecule has 0 aliphatic carbocycles. The number of nitriles is 2. The summed E-state index contributed by atoms with van der Waals surface area (Å²) >= 11 is 0. The van der Waals surface area contributed by atoms with Gasteiger partial charge in [0.15, 0.2) is 0 Å². The SMILES string of the molecule is N#CC(C#N)[C@@H](CC(=O)N1CCCC1=O)c1ccco1. The van der Waals surface area contributed by atoms with Gasteiger partial charge in [-0.3, -0.25) is 14.5 Å². The van der Waals surface area contributed by atoms with Crippen molar-refractivity contribution in [2.75, 3.05) is 6.54 Å². The van der Waals surface area contributed by atoms with E-state index < -0.39 is 11.8 Å². The molecular formula is C14H13N3O3. The first-order chi connectivity index (χ1) is 9.67. The smallest absolute Gasteiger partial charge is 0.229 e. The maximum Gasteiger partial charge on any atom is 0.229 e. The Morgan fingerprint density at radius 3 is 2.70 bits per heavy atom. The van der Waals surface area contributed by atoms with Crippen LogP contribution in [0.5, 0.6) is 0 Å². The Bertz CT molecular complexity index is 566. The largest absolute Gasteiger partial charge is 0.469 e. The number of likely N-dealkylation sites (tertiary alicyclic amines) is 1. The highest BCUT2D eigenvalue weighted by atomic mass is 16.3. The Hall–Kier alpha value is -2.60. The number of carbonyl (C=O) groups excluding carboxylic acids is 2. The van der Waals surface area contributed by atoms with Gasteiger partial charge in [-0.15, -0.1) is 0 Å². The van der Waals surface area contributed by atoms with Gasteiger partial charge in [-0.05, 0) is 18.6 Å². The number of imide groups is 1. The second-order valence-corrected chi connectivity index (χ2v) is 4.60. The lowest BCUT2D eigenvalue weighted by Crippen LogP contribution is -2.33. The van der Waals surface area contributed by atoms with E-state index in [1.54, 1.807) is 12.1 Å². The lowest BCUT2D eigenvalue weighted by atomic mass is 9.89. The first kappa shape index (κ1) is 13.8. The average molecular weight is 271 g/mol. The van der Waals surface area contributed by atoms with Crippen molar-refractivity contribution in [1.29, 1.82) is 10.5 Å². The number of hydrogen-bond donors (Lipinski definition) is 0. The van der Waals surface area contributed by atoms with E-state index in [9.17, 15) is 9.59 Å². The third-order valence-electron chi connectivity index (χ3n) is 3.36. The third-order valence-corrected chi connectivity index (χ3v) is 3.36. The molecule has 6 nitrogen and oxygen atoms in total. The van der Waals surface area contributed by atoms with Gasteiger partial charge < -0.3 is 4.42 Å². The van der Waals surface area contributed by atoms with Gasteiger partial charge >= 0.3 is 0 Å². The van der Waals surface area contributed by atoms with Gasteiger partial charge in [0.05, 0.1) is 24.3 Å². The van der Waals surface area contributed by atoms with Crippen molar-refractivity contribution < 1.29 is 14.0 Å². The Labute approximate surface area is 116 Å². The minimum atomic E-state index is -0.984. The van der Waals surface area contributed by atoms with Gasteiger partial charge in [0.2, 0.25) is 11.8 Å². The van der Waals surface area contributed by atoms with E-state index in [4.69, 9.17) is 14.9 Å². The van der Waals surface area contributed by atoms with Crippen LogP contribution in [0.2, 0.25) is 0 Å². The van der Waals surface area contributed by atoms with Gasteiger partial charge in [-0.2, -0.15) is 10.5 Å². The zero-order chi connectivity index (χ0) is 14.5. The summed E-state index contributed by atoms with van der Waals surface area (Å²) < 4.78 is 5.21. The third kappa shape index (κ3) is 2.70. The Balaban J connectivity index is 2.17. The maximum atomic E-state index is 12.1. The molecule has 0 radical (unpaired) electrons. The van der Waals surface area contributed by atoms with Crippen molar-refractivity contribution in [1.82, 2.24) is 4.90 Å². The molecule has 0 bridgehead atoms. The van der Waals surface area contributed by atoms with E-state index in [1.807, 2.05) is 12.1 Å². The van der Waals surface area contributed by atoms with Crippen molar-refractivity contribution >= 4 is 11.8 Å². The molecule has 2 rings (SSSR count). The van der Waals surface area contributed by atoms with Gasteiger partial charge in [0.1, 0.15) is 11.7 Å². The molecule has 1 aliphatic rings. The van der Waals surface area contributed by atoms with Crippen molar-refractivity contribution in [3.05, 3.63) is 24.2 Å². The molecule has 0 spiro atoms. The average Bonchev–Trinajstić information content (AvgIpc) is 3.09. The molecule has 0 N–H and O–H groups in total. The van der Waals surface area contributed by atoms with Crippen LogP contribution in [0.15, 0.2) is 22.8 Å². The topological polar surface area (TPSA) is 98.1 Å². The van der Waals surface area contributed by atoms with Crippen LogP contribution in [0.1, 0.15) is 30.9 Å². The highest BCUT2D eigenvalue weighted by molar-refractivity contribution is 5.96. The van der Waals surface area contributed by atoms with Gasteiger partial charge in [-0.1, -0.05) is 0 Å². The fourth-order valence-corrected chi connectivity index (χ4v) is 2.30. The van der Waals surface area contributed by atoms with Crippen LogP contribution in [0.4, 0.5) is 0 Å². The molecule has 1 aromatic heterocycles. The molecule has 2 heterocycles. The van der Waals surface area contributed by atoms with E-state index in [1.165, 1.54) is 11.2 Å². The van der Waals surface area contributed by atoms with Crippen molar-refractivity contribution in [3.63, 3.8) is 0 Å². The Morgan fingerprint density at radius 1 is 1.45 bits per heavy atom. The summed E-state index contributed by atoms with van der Waals surface area (Å²) in [5.41, 5.74) is 0. The zero-order valence-corrected chi connectivity index (χ0v) is 10.8. The van der Waals surface area contributed by atoms with E-state index >= 15 is 0 Å². The lowest BCUT2D eigenvalue weighted by Gasteiger charge is -2.18. The molecule has 2 amide bonds. The van der Waals surface area contributed by atoms with Crippen LogP contribution in [0.25, 0.3) is 0 Å². The predicted octanol–water partition coefficient (Wildman–Crippen LogP) is 1.57. The number of hydrogen-bond acceptors (Lipinski definition) is 5. The quantitative estimate of drug-likeness (QED) is 0.827. The molecule has 1 fully saturated rings. The van der Waals surface area contributed by atoms with Crippen molar-refractivity contribution in [2.45, 2.75) is 25.2 Å². The fourth-order valence-electron chi connectivity index (χ4n) is 2.30. The summed E-state index contributed by atoms with van der Waals surface area (Å²) in [5, 5.41) is 18.0. The van der Waals surface area contributed by atoms with E-state index in [0.29, 0.717) is 25.1 Å². The summed E-state index contributed by atoms with van der Waals surface area (Å²) in [4.78, 5) is 24.9. The number of furan rings is 1. The summed E-state index contributed by atoms with van der Waals surface area (Å²) in [6.07, 6.45) is 2.39. The molecule has 20 heavy (non-hydrogen) atoms. The molecule has 0 aromatic carbocycles. The van der Waals surface area contributed by atoms with Crippen LogP contribution < -0.4 is 0 Å². The zero-order valence-electron chi connectivity index (χ0n) is 10.8. The van der Waals surface area contributed by atoms with Gasteiger partial charge in [0.25, 0.3) is 0 Å². The summed E-state index contributed by atoms with van der Waals surface area (Å²) in [7, 11) is 0. The highest BCUT2D eigenvalue weighted by Crippen LogP contribution is 2.29. The fraction of sp³-hybridized carbons (Fsp3) is 0.429. The van der Waals surface area contributed by atoms with Crippen LogP contribution in [-0.2, 0) is 9.59 Å². The highest BCUT2D eigenvalue weighted by Gasteiger charge is 2.33. The van der Waals surface area contributed by atoms with Crippen LogP contribution in [0.3, 0.4) is 0 Å². The van der Waals surface area contributed by atoms with E-state index in [-0.39, 0.29) is 18.2 Å². The van der Waals surface area contributed by atoms with Crippen LogP contribution in [0, 0.1) is 28.6 Å². The maximum absolute atomic E-state index is 12.1. The second-order valence-electron chi connectivity index (χ2n) is 4.60. The second kappa shape index (κ2) is 6.03. The Kier molecular flexibility index (Phi) is 4.17. The Morgan fingerprint density at radius 2 is 2.20 bits per heavy atom. The van der Waals surface area contributed by atoms with E-state index in [0.717, 1.165) is 0 Å². The predicted molar refractivity (Wildman–Crippen MR) is 66.7 cm³/mol. The molecule has 102 valence electrons. The molecule has 1 aliphatic heterocycles. The van der Waals surface area contributed by atoms with Crippen LogP contribution >= 0.6 is 0 Å².